The van der Waals surface area contributed by atoms with Crippen molar-refractivity contribution in [1.29, 1.82) is 4.78 Å². The Labute approximate surface area is 44.4 Å². The SMILES string of the molecule is N=[SH](=O)CCCO. The second-order valence-electron chi connectivity index (χ2n) is 1.18. The van der Waals surface area contributed by atoms with Gasteiger partial charge in [0, 0.05) is 23.0 Å². The molecule has 0 aliphatic carbocycles. The molecule has 0 rings (SSSR count). The lowest BCUT2D eigenvalue weighted by atomic mass is 10.5. The van der Waals surface area contributed by atoms with E-state index in [0.717, 1.165) is 0 Å². The summed E-state index contributed by atoms with van der Waals surface area (Å²) < 4.78 is 16.4. The highest BCUT2D eigenvalue weighted by atomic mass is 32.2. The van der Waals surface area contributed by atoms with Crippen LogP contribution in [0.3, 0.4) is 0 Å². The Kier molecular flexibility index (Phi) is 4.03. The summed E-state index contributed by atoms with van der Waals surface area (Å²) in [5.41, 5.74) is 0. The zero-order valence-corrected chi connectivity index (χ0v) is 4.82. The van der Waals surface area contributed by atoms with Crippen LogP contribution in [0.5, 0.6) is 0 Å². The molecular weight excluding hydrogens is 114 g/mol. The van der Waals surface area contributed by atoms with Crippen molar-refractivity contribution in [2.75, 3.05) is 12.4 Å². The number of aliphatic hydroxyl groups excluding tert-OH is 1. The van der Waals surface area contributed by atoms with Gasteiger partial charge in [-0.3, -0.25) is 8.99 Å². The number of hydrogen-bond acceptors (Lipinski definition) is 3. The molecule has 0 aliphatic heterocycles. The van der Waals surface area contributed by atoms with Crippen LogP contribution in [-0.4, -0.2) is 21.7 Å². The molecule has 44 valence electrons. The minimum atomic E-state index is -1.77. The molecular formula is C3H9NO2S. The summed E-state index contributed by atoms with van der Waals surface area (Å²) in [6, 6.07) is 0. The van der Waals surface area contributed by atoms with Crippen molar-refractivity contribution in [3.8, 4) is 0 Å². The Bertz CT molecular complexity index is 91.1. The van der Waals surface area contributed by atoms with Crippen LogP contribution in [0, 0.1) is 4.78 Å². The van der Waals surface area contributed by atoms with Gasteiger partial charge in [0.25, 0.3) is 0 Å². The van der Waals surface area contributed by atoms with E-state index in [9.17, 15) is 4.21 Å². The van der Waals surface area contributed by atoms with Gasteiger partial charge in [-0.05, 0) is 6.42 Å². The lowest BCUT2D eigenvalue weighted by Crippen LogP contribution is -1.89. The summed E-state index contributed by atoms with van der Waals surface area (Å²) in [5.74, 6) is 0.325. The van der Waals surface area contributed by atoms with Crippen LogP contribution in [0.2, 0.25) is 0 Å². The molecule has 1 unspecified atom stereocenters. The van der Waals surface area contributed by atoms with E-state index in [1.165, 1.54) is 0 Å². The first-order valence-corrected chi connectivity index (χ1v) is 3.48. The van der Waals surface area contributed by atoms with Crippen LogP contribution in [-0.2, 0) is 10.6 Å². The Morgan fingerprint density at radius 1 is 1.71 bits per heavy atom. The van der Waals surface area contributed by atoms with Crippen molar-refractivity contribution < 1.29 is 9.32 Å². The van der Waals surface area contributed by atoms with Gasteiger partial charge in [-0.1, -0.05) is 0 Å². The summed E-state index contributed by atoms with van der Waals surface area (Å²) in [6.07, 6.45) is 0.485. The highest BCUT2D eigenvalue weighted by molar-refractivity contribution is 7.73. The summed E-state index contributed by atoms with van der Waals surface area (Å²) in [6.45, 7) is 0.0416. The Hall–Kier alpha value is -0.0900. The van der Waals surface area contributed by atoms with E-state index in [1.54, 1.807) is 0 Å². The van der Waals surface area contributed by atoms with E-state index < -0.39 is 10.6 Å². The van der Waals surface area contributed by atoms with Gasteiger partial charge in [0.15, 0.2) is 0 Å². The summed E-state index contributed by atoms with van der Waals surface area (Å²) in [4.78, 5) is 0. The zero-order chi connectivity index (χ0) is 5.70. The quantitative estimate of drug-likeness (QED) is 0.448. The fraction of sp³-hybridized carbons (Fsp3) is 1.00. The highest BCUT2D eigenvalue weighted by Crippen LogP contribution is 1.74. The molecule has 0 spiro atoms. The number of thiol groups is 1. The van der Waals surface area contributed by atoms with Crippen molar-refractivity contribution in [3.05, 3.63) is 0 Å². The standard InChI is InChI=1S/C3H9NO2S/c4-7(6)3-1-2-5/h4-5,7H,1-3H2. The maximum atomic E-state index is 9.91. The molecule has 0 aliphatic rings. The fourth-order valence-corrected chi connectivity index (χ4v) is 0.643. The number of nitrogens with one attached hydrogen (secondary N) is 1. The second-order valence-corrected chi connectivity index (χ2v) is 2.38. The van der Waals surface area contributed by atoms with Crippen molar-refractivity contribution in [3.63, 3.8) is 0 Å². The first-order chi connectivity index (χ1) is 3.27. The molecule has 1 atom stereocenters. The second kappa shape index (κ2) is 4.08. The van der Waals surface area contributed by atoms with Crippen LogP contribution in [0.15, 0.2) is 0 Å². The van der Waals surface area contributed by atoms with E-state index in [1.807, 2.05) is 0 Å². The molecule has 4 heteroatoms. The topological polar surface area (TPSA) is 61.2 Å². The van der Waals surface area contributed by atoms with Gasteiger partial charge >= 0.3 is 0 Å². The van der Waals surface area contributed by atoms with E-state index in [2.05, 4.69) is 0 Å². The van der Waals surface area contributed by atoms with Gasteiger partial charge in [0.1, 0.15) is 0 Å². The van der Waals surface area contributed by atoms with Crippen LogP contribution in [0.4, 0.5) is 0 Å². The average molecular weight is 123 g/mol. The number of hydrogen-bond donors (Lipinski definition) is 3. The number of aliphatic hydroxyl groups is 1. The molecule has 0 aromatic carbocycles. The maximum absolute atomic E-state index is 9.91. The molecule has 0 saturated heterocycles. The van der Waals surface area contributed by atoms with E-state index in [0.29, 0.717) is 12.2 Å². The first kappa shape index (κ1) is 6.91. The molecule has 0 fully saturated rings. The Balaban J connectivity index is 2.98. The molecule has 0 saturated carbocycles. The van der Waals surface area contributed by atoms with Crippen molar-refractivity contribution in [1.82, 2.24) is 0 Å². The Morgan fingerprint density at radius 2 is 2.29 bits per heavy atom. The molecule has 0 amide bonds. The molecule has 0 aromatic rings. The van der Waals surface area contributed by atoms with Gasteiger partial charge in [-0.15, -0.1) is 0 Å². The van der Waals surface area contributed by atoms with Crippen molar-refractivity contribution >= 4 is 10.6 Å². The van der Waals surface area contributed by atoms with Crippen LogP contribution < -0.4 is 0 Å². The fourth-order valence-electron chi connectivity index (χ4n) is 0.214. The summed E-state index contributed by atoms with van der Waals surface area (Å²) in [7, 11) is -1.77. The average Bonchev–Trinajstić information content (AvgIpc) is 1.61. The van der Waals surface area contributed by atoms with Crippen LogP contribution in [0.25, 0.3) is 0 Å². The van der Waals surface area contributed by atoms with Gasteiger partial charge < -0.3 is 5.11 Å². The predicted octanol–water partition coefficient (Wildman–Crippen LogP) is -0.388. The van der Waals surface area contributed by atoms with Crippen molar-refractivity contribution in [2.24, 2.45) is 0 Å². The van der Waals surface area contributed by atoms with Gasteiger partial charge in [0.05, 0.1) is 0 Å². The van der Waals surface area contributed by atoms with E-state index >= 15 is 0 Å². The van der Waals surface area contributed by atoms with E-state index in [4.69, 9.17) is 9.89 Å². The predicted molar refractivity (Wildman–Crippen MR) is 28.8 cm³/mol. The summed E-state index contributed by atoms with van der Waals surface area (Å²) in [5, 5.41) is 8.10. The third kappa shape index (κ3) is 5.91. The van der Waals surface area contributed by atoms with Gasteiger partial charge in [-0.25, -0.2) is 0 Å². The smallest absolute Gasteiger partial charge is 0.0440 e. The Morgan fingerprint density at radius 3 is 2.43 bits per heavy atom. The van der Waals surface area contributed by atoms with Gasteiger partial charge in [-0.2, -0.15) is 0 Å². The number of rotatable bonds is 3. The van der Waals surface area contributed by atoms with Crippen LogP contribution >= 0.6 is 0 Å². The highest BCUT2D eigenvalue weighted by Gasteiger charge is 1.79. The third-order valence-electron chi connectivity index (χ3n) is 0.519. The summed E-state index contributed by atoms with van der Waals surface area (Å²) >= 11 is 0. The molecule has 0 aromatic heterocycles. The monoisotopic (exact) mass is 123 g/mol. The van der Waals surface area contributed by atoms with Gasteiger partial charge in [0.2, 0.25) is 0 Å². The first-order valence-electron chi connectivity index (χ1n) is 2.04. The minimum absolute atomic E-state index is 0.0416. The van der Waals surface area contributed by atoms with Crippen molar-refractivity contribution in [2.45, 2.75) is 6.42 Å². The molecule has 0 radical (unpaired) electrons. The largest absolute Gasteiger partial charge is 0.396 e. The molecule has 7 heavy (non-hydrogen) atoms. The molecule has 2 N–H and O–H groups in total. The third-order valence-corrected chi connectivity index (χ3v) is 1.24. The lowest BCUT2D eigenvalue weighted by Gasteiger charge is -1.83. The zero-order valence-electron chi connectivity index (χ0n) is 3.92. The molecule has 3 nitrogen and oxygen atoms in total. The van der Waals surface area contributed by atoms with E-state index in [-0.39, 0.29) is 6.61 Å². The normalized spacial score (nSPS) is 13.9. The molecule has 0 heterocycles. The maximum Gasteiger partial charge on any atom is 0.0440 e. The van der Waals surface area contributed by atoms with Crippen LogP contribution in [0.1, 0.15) is 6.42 Å². The lowest BCUT2D eigenvalue weighted by molar-refractivity contribution is 0.296. The molecule has 0 bridgehead atoms. The minimum Gasteiger partial charge on any atom is -0.396 e.